The van der Waals surface area contributed by atoms with Crippen molar-refractivity contribution in [3.05, 3.63) is 34.1 Å². The van der Waals surface area contributed by atoms with Gasteiger partial charge in [0.2, 0.25) is 0 Å². The molecule has 0 unspecified atom stereocenters. The number of hydrogen-bond acceptors (Lipinski definition) is 1. The standard InChI is InChI=1S/C10H9BrFN/c11-9-6-3-5-8(10(9)12)4-1-2-7-13/h3,5-6H,2,7,13H2. The molecule has 2 N–H and O–H groups in total. The first kappa shape index (κ1) is 10.2. The highest BCUT2D eigenvalue weighted by Gasteiger charge is 2.01. The Kier molecular flexibility index (Phi) is 3.94. The zero-order valence-corrected chi connectivity index (χ0v) is 8.57. The highest BCUT2D eigenvalue weighted by atomic mass is 79.9. The molecule has 0 aliphatic rings. The van der Waals surface area contributed by atoms with Crippen LogP contribution in [0.3, 0.4) is 0 Å². The quantitative estimate of drug-likeness (QED) is 0.751. The number of rotatable bonds is 1. The van der Waals surface area contributed by atoms with Crippen LogP contribution in [0.5, 0.6) is 0 Å². The van der Waals surface area contributed by atoms with E-state index in [1.807, 2.05) is 0 Å². The molecule has 0 fully saturated rings. The van der Waals surface area contributed by atoms with Crippen LogP contribution in [0.4, 0.5) is 4.39 Å². The van der Waals surface area contributed by atoms with Crippen molar-refractivity contribution in [2.75, 3.05) is 6.54 Å². The van der Waals surface area contributed by atoms with Gasteiger partial charge >= 0.3 is 0 Å². The molecule has 0 bridgehead atoms. The van der Waals surface area contributed by atoms with Crippen LogP contribution < -0.4 is 5.73 Å². The van der Waals surface area contributed by atoms with Gasteiger partial charge < -0.3 is 5.73 Å². The maximum absolute atomic E-state index is 13.2. The highest BCUT2D eigenvalue weighted by molar-refractivity contribution is 9.10. The van der Waals surface area contributed by atoms with Crippen molar-refractivity contribution in [2.24, 2.45) is 5.73 Å². The number of hydrogen-bond donors (Lipinski definition) is 1. The third-order valence-electron chi connectivity index (χ3n) is 1.44. The summed E-state index contributed by atoms with van der Waals surface area (Å²) in [5.74, 6) is 5.19. The first-order valence-electron chi connectivity index (χ1n) is 3.88. The maximum atomic E-state index is 13.2. The molecule has 1 rings (SSSR count). The molecule has 0 amide bonds. The summed E-state index contributed by atoms with van der Waals surface area (Å²) in [5, 5.41) is 0. The lowest BCUT2D eigenvalue weighted by Gasteiger charge is -1.95. The second-order valence-electron chi connectivity index (χ2n) is 2.44. The number of nitrogens with two attached hydrogens (primary N) is 1. The fraction of sp³-hybridized carbons (Fsp3) is 0.200. The van der Waals surface area contributed by atoms with E-state index in [0.29, 0.717) is 23.0 Å². The van der Waals surface area contributed by atoms with Gasteiger partial charge in [0, 0.05) is 13.0 Å². The van der Waals surface area contributed by atoms with Crippen molar-refractivity contribution in [1.29, 1.82) is 0 Å². The van der Waals surface area contributed by atoms with E-state index in [1.54, 1.807) is 18.2 Å². The van der Waals surface area contributed by atoms with Crippen LogP contribution in [0, 0.1) is 17.7 Å². The van der Waals surface area contributed by atoms with Crippen LogP contribution in [0.1, 0.15) is 12.0 Å². The number of benzene rings is 1. The summed E-state index contributed by atoms with van der Waals surface area (Å²) in [6, 6.07) is 5.03. The van der Waals surface area contributed by atoms with E-state index in [2.05, 4.69) is 27.8 Å². The number of halogens is 2. The zero-order chi connectivity index (χ0) is 9.68. The second kappa shape index (κ2) is 5.00. The van der Waals surface area contributed by atoms with E-state index >= 15 is 0 Å². The summed E-state index contributed by atoms with van der Waals surface area (Å²) < 4.78 is 13.7. The molecule has 0 aliphatic carbocycles. The average molecular weight is 242 g/mol. The SMILES string of the molecule is NCCC#Cc1cccc(Br)c1F. The molecule has 0 spiro atoms. The van der Waals surface area contributed by atoms with Crippen LogP contribution in [0.25, 0.3) is 0 Å². The topological polar surface area (TPSA) is 26.0 Å². The molecule has 13 heavy (non-hydrogen) atoms. The van der Waals surface area contributed by atoms with E-state index in [1.165, 1.54) is 0 Å². The average Bonchev–Trinajstić information content (AvgIpc) is 2.13. The molecule has 68 valence electrons. The Morgan fingerprint density at radius 1 is 1.46 bits per heavy atom. The molecule has 0 saturated carbocycles. The maximum Gasteiger partial charge on any atom is 0.152 e. The van der Waals surface area contributed by atoms with Crippen molar-refractivity contribution in [3.8, 4) is 11.8 Å². The van der Waals surface area contributed by atoms with Gasteiger partial charge in [0.25, 0.3) is 0 Å². The van der Waals surface area contributed by atoms with Gasteiger partial charge in [-0.1, -0.05) is 17.9 Å². The van der Waals surface area contributed by atoms with Crippen molar-refractivity contribution >= 4 is 15.9 Å². The van der Waals surface area contributed by atoms with Crippen LogP contribution in [0.2, 0.25) is 0 Å². The largest absolute Gasteiger partial charge is 0.330 e. The minimum Gasteiger partial charge on any atom is -0.330 e. The minimum atomic E-state index is -0.313. The molecule has 1 aromatic carbocycles. The Bertz CT molecular complexity index is 352. The van der Waals surface area contributed by atoms with Crippen LogP contribution >= 0.6 is 15.9 Å². The monoisotopic (exact) mass is 241 g/mol. The Morgan fingerprint density at radius 2 is 2.23 bits per heavy atom. The van der Waals surface area contributed by atoms with E-state index in [-0.39, 0.29) is 5.82 Å². The van der Waals surface area contributed by atoms with Gasteiger partial charge in [-0.15, -0.1) is 0 Å². The fourth-order valence-electron chi connectivity index (χ4n) is 0.830. The summed E-state index contributed by atoms with van der Waals surface area (Å²) in [6.07, 6.45) is 0.589. The predicted octanol–water partition coefficient (Wildman–Crippen LogP) is 2.29. The molecule has 0 heterocycles. The molecular formula is C10H9BrFN. The highest BCUT2D eigenvalue weighted by Crippen LogP contribution is 2.17. The predicted molar refractivity (Wildman–Crippen MR) is 54.6 cm³/mol. The molecule has 3 heteroatoms. The molecule has 0 atom stereocenters. The summed E-state index contributed by atoms with van der Waals surface area (Å²) in [6.45, 7) is 0.503. The smallest absolute Gasteiger partial charge is 0.152 e. The van der Waals surface area contributed by atoms with Gasteiger partial charge in [0.15, 0.2) is 5.82 Å². The van der Waals surface area contributed by atoms with Crippen LogP contribution in [-0.4, -0.2) is 6.54 Å². The summed E-state index contributed by atoms with van der Waals surface area (Å²) in [7, 11) is 0. The van der Waals surface area contributed by atoms with E-state index in [4.69, 9.17) is 5.73 Å². The Labute approximate surface area is 85.3 Å². The van der Waals surface area contributed by atoms with Crippen molar-refractivity contribution in [3.63, 3.8) is 0 Å². The summed E-state index contributed by atoms with van der Waals surface area (Å²) >= 11 is 3.09. The van der Waals surface area contributed by atoms with Gasteiger partial charge in [-0.2, -0.15) is 0 Å². The normalized spacial score (nSPS) is 9.15. The van der Waals surface area contributed by atoms with Gasteiger partial charge in [-0.25, -0.2) is 4.39 Å². The van der Waals surface area contributed by atoms with Crippen LogP contribution in [-0.2, 0) is 0 Å². The lowest BCUT2D eigenvalue weighted by molar-refractivity contribution is 0.617. The first-order valence-corrected chi connectivity index (χ1v) is 4.68. The zero-order valence-electron chi connectivity index (χ0n) is 6.98. The molecule has 0 aromatic heterocycles. The van der Waals surface area contributed by atoms with E-state index < -0.39 is 0 Å². The Balaban J connectivity index is 2.91. The van der Waals surface area contributed by atoms with Crippen molar-refractivity contribution < 1.29 is 4.39 Å². The van der Waals surface area contributed by atoms with Gasteiger partial charge in [0.05, 0.1) is 10.0 Å². The first-order chi connectivity index (χ1) is 6.25. The van der Waals surface area contributed by atoms with Crippen LogP contribution in [0.15, 0.2) is 22.7 Å². The molecule has 0 aliphatic heterocycles. The molecule has 1 aromatic rings. The fourth-order valence-corrected chi connectivity index (χ4v) is 1.20. The Hall–Kier alpha value is -0.850. The van der Waals surface area contributed by atoms with Gasteiger partial charge in [0.1, 0.15) is 0 Å². The van der Waals surface area contributed by atoms with Gasteiger partial charge in [-0.3, -0.25) is 0 Å². The third-order valence-corrected chi connectivity index (χ3v) is 2.06. The Morgan fingerprint density at radius 3 is 2.92 bits per heavy atom. The molecule has 0 radical (unpaired) electrons. The van der Waals surface area contributed by atoms with Crippen molar-refractivity contribution in [2.45, 2.75) is 6.42 Å². The molecule has 1 nitrogen and oxygen atoms in total. The lowest BCUT2D eigenvalue weighted by Crippen LogP contribution is -1.95. The lowest BCUT2D eigenvalue weighted by atomic mass is 10.2. The second-order valence-corrected chi connectivity index (χ2v) is 3.30. The molecular weight excluding hydrogens is 233 g/mol. The molecule has 0 saturated heterocycles. The summed E-state index contributed by atoms with van der Waals surface area (Å²) in [5.41, 5.74) is 5.66. The van der Waals surface area contributed by atoms with E-state index in [9.17, 15) is 4.39 Å². The van der Waals surface area contributed by atoms with E-state index in [0.717, 1.165) is 0 Å². The minimum absolute atomic E-state index is 0.313. The van der Waals surface area contributed by atoms with Gasteiger partial charge in [-0.05, 0) is 28.1 Å². The van der Waals surface area contributed by atoms with Crippen molar-refractivity contribution in [1.82, 2.24) is 0 Å². The summed E-state index contributed by atoms with van der Waals surface area (Å²) in [4.78, 5) is 0. The third kappa shape index (κ3) is 2.83.